The molecule has 3 heteroatoms. The molecule has 0 spiro atoms. The quantitative estimate of drug-likeness (QED) is 0.827. The fraction of sp³-hybridized carbons (Fsp3) is 0.688. The Labute approximate surface area is 116 Å². The van der Waals surface area contributed by atoms with Gasteiger partial charge in [-0.2, -0.15) is 0 Å². The monoisotopic (exact) mass is 263 g/mol. The van der Waals surface area contributed by atoms with Gasteiger partial charge < -0.3 is 9.47 Å². The first-order valence-corrected chi connectivity index (χ1v) is 7.08. The van der Waals surface area contributed by atoms with Crippen LogP contribution in [0, 0.1) is 6.92 Å². The van der Waals surface area contributed by atoms with E-state index >= 15 is 0 Å². The van der Waals surface area contributed by atoms with Crippen LogP contribution < -0.4 is 0 Å². The molecule has 1 aromatic rings. The molecular formula is C16H25NO2. The van der Waals surface area contributed by atoms with Gasteiger partial charge in [-0.05, 0) is 51.7 Å². The molecule has 1 aliphatic rings. The molecule has 2 rings (SSSR count). The minimum absolute atomic E-state index is 0.0739. The summed E-state index contributed by atoms with van der Waals surface area (Å²) in [6.45, 7) is 8.56. The van der Waals surface area contributed by atoms with Crippen LogP contribution in [0.25, 0.3) is 0 Å². The molecule has 2 atom stereocenters. The minimum Gasteiger partial charge on any atom is -0.372 e. The molecule has 1 aromatic heterocycles. The molecule has 0 aliphatic carbocycles. The zero-order valence-corrected chi connectivity index (χ0v) is 12.7. The maximum Gasteiger partial charge on any atom is 0.128 e. The standard InChI is InChI=1S/C16H25NO2/c1-6-16(10-9-15(3,4)19-16)14(18-5)13-12(2)8-7-11-17-13/h7-8,11,14H,6,9-10H2,1-5H3. The van der Waals surface area contributed by atoms with Crippen molar-refractivity contribution in [3.63, 3.8) is 0 Å². The number of rotatable bonds is 4. The molecule has 106 valence electrons. The molecule has 19 heavy (non-hydrogen) atoms. The van der Waals surface area contributed by atoms with Crippen molar-refractivity contribution in [3.8, 4) is 0 Å². The van der Waals surface area contributed by atoms with E-state index in [2.05, 4.69) is 38.7 Å². The van der Waals surface area contributed by atoms with Crippen LogP contribution in [0.3, 0.4) is 0 Å². The van der Waals surface area contributed by atoms with Crippen LogP contribution in [0.15, 0.2) is 18.3 Å². The van der Waals surface area contributed by atoms with Crippen molar-refractivity contribution in [2.45, 2.75) is 64.3 Å². The van der Waals surface area contributed by atoms with Crippen molar-refractivity contribution in [2.75, 3.05) is 7.11 Å². The Morgan fingerprint density at radius 1 is 1.42 bits per heavy atom. The number of pyridine rings is 1. The summed E-state index contributed by atoms with van der Waals surface area (Å²) in [4.78, 5) is 4.53. The lowest BCUT2D eigenvalue weighted by Gasteiger charge is -2.37. The molecule has 0 radical (unpaired) electrons. The summed E-state index contributed by atoms with van der Waals surface area (Å²) in [6, 6.07) is 4.04. The second kappa shape index (κ2) is 5.22. The molecule has 0 saturated carbocycles. The fourth-order valence-corrected chi connectivity index (χ4v) is 3.13. The van der Waals surface area contributed by atoms with E-state index in [-0.39, 0.29) is 17.3 Å². The fourth-order valence-electron chi connectivity index (χ4n) is 3.13. The molecule has 1 aliphatic heterocycles. The molecule has 1 saturated heterocycles. The van der Waals surface area contributed by atoms with Gasteiger partial charge >= 0.3 is 0 Å². The van der Waals surface area contributed by atoms with Crippen LogP contribution in [0.4, 0.5) is 0 Å². The SMILES string of the molecule is CCC1(C(OC)c2ncccc2C)CCC(C)(C)O1. The predicted octanol–water partition coefficient (Wildman–Crippen LogP) is 3.82. The number of aryl methyl sites for hydroxylation is 1. The summed E-state index contributed by atoms with van der Waals surface area (Å²) in [5.74, 6) is 0. The van der Waals surface area contributed by atoms with Crippen LogP contribution >= 0.6 is 0 Å². The topological polar surface area (TPSA) is 31.4 Å². The van der Waals surface area contributed by atoms with Crippen LogP contribution in [-0.2, 0) is 9.47 Å². The van der Waals surface area contributed by atoms with Gasteiger partial charge in [-0.25, -0.2) is 0 Å². The Balaban J connectivity index is 2.38. The van der Waals surface area contributed by atoms with Crippen molar-refractivity contribution in [2.24, 2.45) is 0 Å². The van der Waals surface area contributed by atoms with Gasteiger partial charge in [-0.3, -0.25) is 4.98 Å². The third-order valence-corrected chi connectivity index (χ3v) is 4.24. The van der Waals surface area contributed by atoms with Gasteiger partial charge in [-0.15, -0.1) is 0 Å². The van der Waals surface area contributed by atoms with E-state index in [9.17, 15) is 0 Å². The van der Waals surface area contributed by atoms with Gasteiger partial charge in [0, 0.05) is 13.3 Å². The number of aromatic nitrogens is 1. The summed E-state index contributed by atoms with van der Waals surface area (Å²) in [7, 11) is 1.75. The number of ether oxygens (including phenoxy) is 2. The summed E-state index contributed by atoms with van der Waals surface area (Å²) < 4.78 is 12.2. The van der Waals surface area contributed by atoms with Crippen molar-refractivity contribution in [1.82, 2.24) is 4.98 Å². The second-order valence-corrected chi connectivity index (χ2v) is 6.10. The van der Waals surface area contributed by atoms with Crippen molar-refractivity contribution in [1.29, 1.82) is 0 Å². The molecular weight excluding hydrogens is 238 g/mol. The van der Waals surface area contributed by atoms with Gasteiger partial charge in [0.1, 0.15) is 11.7 Å². The highest BCUT2D eigenvalue weighted by Gasteiger charge is 2.49. The third kappa shape index (κ3) is 2.67. The Hall–Kier alpha value is -0.930. The van der Waals surface area contributed by atoms with Crippen molar-refractivity contribution >= 4 is 0 Å². The zero-order valence-electron chi connectivity index (χ0n) is 12.7. The Bertz CT molecular complexity index is 444. The van der Waals surface area contributed by atoms with E-state index in [1.54, 1.807) is 7.11 Å². The lowest BCUT2D eigenvalue weighted by molar-refractivity contribution is -0.159. The summed E-state index contributed by atoms with van der Waals surface area (Å²) >= 11 is 0. The van der Waals surface area contributed by atoms with Crippen LogP contribution in [0.5, 0.6) is 0 Å². The van der Waals surface area contributed by atoms with Crippen LogP contribution in [-0.4, -0.2) is 23.3 Å². The first-order valence-electron chi connectivity index (χ1n) is 7.08. The number of hydrogen-bond donors (Lipinski definition) is 0. The van der Waals surface area contributed by atoms with E-state index in [0.717, 1.165) is 30.5 Å². The van der Waals surface area contributed by atoms with E-state index in [4.69, 9.17) is 9.47 Å². The summed E-state index contributed by atoms with van der Waals surface area (Å²) in [6.07, 6.45) is 4.75. The highest BCUT2D eigenvalue weighted by atomic mass is 16.6. The zero-order chi connectivity index (χ0) is 14.1. The Kier molecular flexibility index (Phi) is 3.98. The van der Waals surface area contributed by atoms with E-state index in [1.165, 1.54) is 0 Å². The number of methoxy groups -OCH3 is 1. The van der Waals surface area contributed by atoms with Gasteiger partial charge in [0.2, 0.25) is 0 Å². The average molecular weight is 263 g/mol. The summed E-state index contributed by atoms with van der Waals surface area (Å²) in [5, 5.41) is 0. The maximum absolute atomic E-state index is 6.38. The maximum atomic E-state index is 6.38. The highest BCUT2D eigenvalue weighted by molar-refractivity contribution is 5.23. The first-order chi connectivity index (χ1) is 8.94. The van der Waals surface area contributed by atoms with E-state index < -0.39 is 0 Å². The average Bonchev–Trinajstić information content (AvgIpc) is 2.70. The van der Waals surface area contributed by atoms with Gasteiger partial charge in [0.05, 0.1) is 11.3 Å². The normalized spacial score (nSPS) is 27.4. The van der Waals surface area contributed by atoms with Crippen molar-refractivity contribution in [3.05, 3.63) is 29.6 Å². The molecule has 0 amide bonds. The molecule has 0 aromatic carbocycles. The van der Waals surface area contributed by atoms with Gasteiger partial charge in [-0.1, -0.05) is 13.0 Å². The van der Waals surface area contributed by atoms with E-state index in [0.29, 0.717) is 0 Å². The predicted molar refractivity (Wildman–Crippen MR) is 76.1 cm³/mol. The molecule has 3 nitrogen and oxygen atoms in total. The highest BCUT2D eigenvalue weighted by Crippen LogP contribution is 2.48. The molecule has 2 unspecified atom stereocenters. The van der Waals surface area contributed by atoms with Crippen LogP contribution in [0.1, 0.15) is 57.4 Å². The van der Waals surface area contributed by atoms with Gasteiger partial charge in [0.15, 0.2) is 0 Å². The molecule has 2 heterocycles. The molecule has 1 fully saturated rings. The lowest BCUT2D eigenvalue weighted by Crippen LogP contribution is -2.39. The molecule has 0 N–H and O–H groups in total. The van der Waals surface area contributed by atoms with Crippen LogP contribution in [0.2, 0.25) is 0 Å². The Morgan fingerprint density at radius 3 is 2.63 bits per heavy atom. The van der Waals surface area contributed by atoms with Gasteiger partial charge in [0.25, 0.3) is 0 Å². The van der Waals surface area contributed by atoms with Crippen molar-refractivity contribution < 1.29 is 9.47 Å². The second-order valence-electron chi connectivity index (χ2n) is 6.10. The largest absolute Gasteiger partial charge is 0.372 e. The lowest BCUT2D eigenvalue weighted by atomic mass is 9.86. The Morgan fingerprint density at radius 2 is 2.16 bits per heavy atom. The number of nitrogens with zero attached hydrogens (tertiary/aromatic N) is 1. The minimum atomic E-state index is -0.253. The third-order valence-electron chi connectivity index (χ3n) is 4.24. The summed E-state index contributed by atoms with van der Waals surface area (Å²) in [5.41, 5.74) is 1.84. The van der Waals surface area contributed by atoms with E-state index in [1.807, 2.05) is 12.3 Å². The first kappa shape index (κ1) is 14.5. The molecule has 0 bridgehead atoms. The smallest absolute Gasteiger partial charge is 0.128 e. The number of hydrogen-bond acceptors (Lipinski definition) is 3.